The zero-order valence-electron chi connectivity index (χ0n) is 5.22. The number of alkyl halides is 2. The predicted octanol–water partition coefficient (Wildman–Crippen LogP) is 1.95. The Morgan fingerprint density at radius 3 is 1.60 bits per heavy atom. The van der Waals surface area contributed by atoms with E-state index in [2.05, 4.69) is 9.97 Å². The summed E-state index contributed by atoms with van der Waals surface area (Å²) in [6, 6.07) is 0. The van der Waals surface area contributed by atoms with Crippen molar-refractivity contribution in [2.24, 2.45) is 0 Å². The van der Waals surface area contributed by atoms with Crippen LogP contribution in [0.5, 0.6) is 0 Å². The zero-order valence-corrected chi connectivity index (χ0v) is 6.73. The normalized spacial score (nSPS) is 9.80. The summed E-state index contributed by atoms with van der Waals surface area (Å²) >= 11 is 11.0. The Kier molecular flexibility index (Phi) is 2.90. The molecule has 0 saturated carbocycles. The quantitative estimate of drug-likeness (QED) is 0.645. The first-order valence-electron chi connectivity index (χ1n) is 2.78. The van der Waals surface area contributed by atoms with Crippen LogP contribution in [0.25, 0.3) is 0 Å². The predicted molar refractivity (Wildman–Crippen MR) is 41.1 cm³/mol. The lowest BCUT2D eigenvalue weighted by Gasteiger charge is -1.94. The molecule has 0 N–H and O–H groups in total. The van der Waals surface area contributed by atoms with Crippen LogP contribution in [-0.4, -0.2) is 9.97 Å². The Bertz CT molecular complexity index is 174. The van der Waals surface area contributed by atoms with Crippen molar-refractivity contribution in [1.29, 1.82) is 0 Å². The number of aromatic nitrogens is 2. The van der Waals surface area contributed by atoms with Crippen molar-refractivity contribution in [1.82, 2.24) is 9.97 Å². The van der Waals surface area contributed by atoms with Gasteiger partial charge in [-0.15, -0.1) is 23.2 Å². The van der Waals surface area contributed by atoms with Crippen LogP contribution < -0.4 is 0 Å². The van der Waals surface area contributed by atoms with E-state index < -0.39 is 0 Å². The summed E-state index contributed by atoms with van der Waals surface area (Å²) < 4.78 is 0. The summed E-state index contributed by atoms with van der Waals surface area (Å²) in [5.74, 6) is 0.797. The summed E-state index contributed by atoms with van der Waals surface area (Å²) in [5, 5.41) is 0. The molecule has 0 aliphatic heterocycles. The molecule has 0 amide bonds. The van der Waals surface area contributed by atoms with E-state index in [1.165, 1.54) is 0 Å². The minimum atomic E-state index is 0.398. The lowest BCUT2D eigenvalue weighted by atomic mass is 10.4. The maximum Gasteiger partial charge on any atom is 0.0734 e. The van der Waals surface area contributed by atoms with E-state index in [1.54, 1.807) is 12.4 Å². The number of rotatable bonds is 2. The lowest BCUT2D eigenvalue weighted by molar-refractivity contribution is 1.03. The highest BCUT2D eigenvalue weighted by Crippen LogP contribution is 2.00. The van der Waals surface area contributed by atoms with Crippen LogP contribution in [0, 0.1) is 0 Å². The Hall–Kier alpha value is -0.340. The molecule has 0 fully saturated rings. The van der Waals surface area contributed by atoms with E-state index in [1.807, 2.05) is 0 Å². The molecule has 0 bridgehead atoms. The standard InChI is InChI=1S/C6H6Cl2N2/c7-1-5-3-10-6(2-8)4-9-5/h3-4H,1-2H2. The van der Waals surface area contributed by atoms with Crippen LogP contribution in [-0.2, 0) is 11.8 Å². The van der Waals surface area contributed by atoms with Crippen LogP contribution >= 0.6 is 23.2 Å². The van der Waals surface area contributed by atoms with Gasteiger partial charge in [0.1, 0.15) is 0 Å². The molecule has 0 radical (unpaired) electrons. The fraction of sp³-hybridized carbons (Fsp3) is 0.333. The molecule has 4 heteroatoms. The topological polar surface area (TPSA) is 25.8 Å². The van der Waals surface area contributed by atoms with Crippen LogP contribution in [0.2, 0.25) is 0 Å². The smallest absolute Gasteiger partial charge is 0.0734 e. The molecule has 1 heterocycles. The maximum absolute atomic E-state index is 5.49. The first-order valence-corrected chi connectivity index (χ1v) is 3.85. The number of hydrogen-bond donors (Lipinski definition) is 0. The fourth-order valence-corrected chi connectivity index (χ4v) is 0.796. The Morgan fingerprint density at radius 1 is 1.00 bits per heavy atom. The van der Waals surface area contributed by atoms with E-state index in [-0.39, 0.29) is 0 Å². The van der Waals surface area contributed by atoms with E-state index in [0.29, 0.717) is 11.8 Å². The highest BCUT2D eigenvalue weighted by atomic mass is 35.5. The molecule has 0 aromatic carbocycles. The molecule has 10 heavy (non-hydrogen) atoms. The van der Waals surface area contributed by atoms with Gasteiger partial charge in [-0.25, -0.2) is 0 Å². The van der Waals surface area contributed by atoms with Crippen LogP contribution in [0.15, 0.2) is 12.4 Å². The summed E-state index contributed by atoms with van der Waals surface area (Å²) in [4.78, 5) is 7.98. The van der Waals surface area contributed by atoms with Gasteiger partial charge in [0.25, 0.3) is 0 Å². The van der Waals surface area contributed by atoms with Gasteiger partial charge < -0.3 is 0 Å². The summed E-state index contributed by atoms with van der Waals surface area (Å²) in [5.41, 5.74) is 1.55. The Balaban J connectivity index is 2.80. The van der Waals surface area contributed by atoms with Crippen molar-refractivity contribution < 1.29 is 0 Å². The minimum absolute atomic E-state index is 0.398. The SMILES string of the molecule is ClCc1cnc(CCl)cn1. The minimum Gasteiger partial charge on any atom is -0.256 e. The van der Waals surface area contributed by atoms with E-state index in [4.69, 9.17) is 23.2 Å². The van der Waals surface area contributed by atoms with Crippen molar-refractivity contribution in [3.05, 3.63) is 23.8 Å². The third-order valence-corrected chi connectivity index (χ3v) is 1.58. The lowest BCUT2D eigenvalue weighted by Crippen LogP contribution is -1.90. The van der Waals surface area contributed by atoms with Gasteiger partial charge in [-0.1, -0.05) is 0 Å². The van der Waals surface area contributed by atoms with Gasteiger partial charge in [0.15, 0.2) is 0 Å². The molecule has 0 saturated heterocycles. The Labute approximate surface area is 69.2 Å². The van der Waals surface area contributed by atoms with Crippen molar-refractivity contribution in [2.75, 3.05) is 0 Å². The van der Waals surface area contributed by atoms with Crippen LogP contribution in [0.3, 0.4) is 0 Å². The number of halogens is 2. The molecule has 1 rings (SSSR count). The molecule has 0 spiro atoms. The third kappa shape index (κ3) is 1.82. The zero-order chi connectivity index (χ0) is 7.40. The molecule has 0 aliphatic carbocycles. The molecule has 0 unspecified atom stereocenters. The van der Waals surface area contributed by atoms with Gasteiger partial charge in [-0.3, -0.25) is 9.97 Å². The van der Waals surface area contributed by atoms with Crippen LogP contribution in [0.4, 0.5) is 0 Å². The van der Waals surface area contributed by atoms with Gasteiger partial charge in [0, 0.05) is 12.4 Å². The maximum atomic E-state index is 5.49. The summed E-state index contributed by atoms with van der Waals surface area (Å²) in [6.07, 6.45) is 3.26. The van der Waals surface area contributed by atoms with E-state index in [0.717, 1.165) is 11.4 Å². The second-order valence-electron chi connectivity index (χ2n) is 1.77. The molecule has 1 aromatic rings. The van der Waals surface area contributed by atoms with Crippen molar-refractivity contribution in [2.45, 2.75) is 11.8 Å². The largest absolute Gasteiger partial charge is 0.256 e. The van der Waals surface area contributed by atoms with Gasteiger partial charge in [-0.2, -0.15) is 0 Å². The van der Waals surface area contributed by atoms with Crippen molar-refractivity contribution in [3.63, 3.8) is 0 Å². The van der Waals surface area contributed by atoms with Crippen molar-refractivity contribution in [3.8, 4) is 0 Å². The Morgan fingerprint density at radius 2 is 1.40 bits per heavy atom. The second-order valence-corrected chi connectivity index (χ2v) is 2.30. The molecule has 54 valence electrons. The fourth-order valence-electron chi connectivity index (χ4n) is 0.520. The van der Waals surface area contributed by atoms with Crippen molar-refractivity contribution >= 4 is 23.2 Å². The number of nitrogens with zero attached hydrogens (tertiary/aromatic N) is 2. The molecular weight excluding hydrogens is 171 g/mol. The molecule has 0 atom stereocenters. The average Bonchev–Trinajstić information content (AvgIpc) is 2.05. The molecular formula is C6H6Cl2N2. The monoisotopic (exact) mass is 176 g/mol. The molecule has 1 aromatic heterocycles. The van der Waals surface area contributed by atoms with E-state index >= 15 is 0 Å². The second kappa shape index (κ2) is 3.74. The highest BCUT2D eigenvalue weighted by molar-refractivity contribution is 6.17. The molecule has 0 aliphatic rings. The van der Waals surface area contributed by atoms with Gasteiger partial charge >= 0.3 is 0 Å². The summed E-state index contributed by atoms with van der Waals surface area (Å²) in [6.45, 7) is 0. The highest BCUT2D eigenvalue weighted by Gasteiger charge is 1.93. The average molecular weight is 177 g/mol. The first kappa shape index (κ1) is 7.76. The first-order chi connectivity index (χ1) is 4.86. The van der Waals surface area contributed by atoms with Crippen LogP contribution in [0.1, 0.15) is 11.4 Å². The molecule has 2 nitrogen and oxygen atoms in total. The summed E-state index contributed by atoms with van der Waals surface area (Å²) in [7, 11) is 0. The third-order valence-electron chi connectivity index (χ3n) is 1.03. The van der Waals surface area contributed by atoms with Gasteiger partial charge in [-0.05, 0) is 0 Å². The van der Waals surface area contributed by atoms with Gasteiger partial charge in [0.05, 0.1) is 23.1 Å². The van der Waals surface area contributed by atoms with Gasteiger partial charge in [0.2, 0.25) is 0 Å². The number of hydrogen-bond acceptors (Lipinski definition) is 2. The van der Waals surface area contributed by atoms with E-state index in [9.17, 15) is 0 Å².